The van der Waals surface area contributed by atoms with Crippen LogP contribution in [-0.4, -0.2) is 23.7 Å². The molecule has 4 nitrogen and oxygen atoms in total. The van der Waals surface area contributed by atoms with E-state index in [4.69, 9.17) is 9.84 Å². The van der Waals surface area contributed by atoms with Gasteiger partial charge in [0.25, 0.3) is 0 Å². The monoisotopic (exact) mass is 267 g/mol. The van der Waals surface area contributed by atoms with Gasteiger partial charge in [0.2, 0.25) is 0 Å². The lowest BCUT2D eigenvalue weighted by atomic mass is 10.00. The zero-order valence-electron chi connectivity index (χ0n) is 11.0. The van der Waals surface area contributed by atoms with Gasteiger partial charge >= 0.3 is 5.97 Å². The fraction of sp³-hybridized carbons (Fsp3) is 0.500. The summed E-state index contributed by atoms with van der Waals surface area (Å²) < 4.78 is 19.2. The first-order valence-electron chi connectivity index (χ1n) is 6.39. The molecule has 1 saturated heterocycles. The predicted octanol–water partition coefficient (Wildman–Crippen LogP) is 2.35. The maximum atomic E-state index is 13.9. The van der Waals surface area contributed by atoms with Crippen molar-refractivity contribution in [3.05, 3.63) is 29.6 Å². The molecule has 2 atom stereocenters. The Morgan fingerprint density at radius 2 is 2.26 bits per heavy atom. The normalized spacial score (nSPS) is 22.7. The molecule has 2 N–H and O–H groups in total. The average Bonchev–Trinajstić information content (AvgIpc) is 2.80. The maximum absolute atomic E-state index is 13.9. The number of halogens is 1. The topological polar surface area (TPSA) is 58.6 Å². The van der Waals surface area contributed by atoms with Crippen molar-refractivity contribution in [3.8, 4) is 5.75 Å². The summed E-state index contributed by atoms with van der Waals surface area (Å²) in [5.41, 5.74) is 0.761. The van der Waals surface area contributed by atoms with Crippen molar-refractivity contribution in [2.75, 3.05) is 6.54 Å². The van der Waals surface area contributed by atoms with Crippen LogP contribution in [0.5, 0.6) is 5.75 Å². The number of ether oxygens (including phenoxy) is 1. The Hall–Kier alpha value is -1.62. The molecule has 0 bridgehead atoms. The summed E-state index contributed by atoms with van der Waals surface area (Å²) in [6, 6.07) is 4.69. The molecule has 0 aliphatic carbocycles. The van der Waals surface area contributed by atoms with E-state index in [0.29, 0.717) is 13.0 Å². The van der Waals surface area contributed by atoms with Crippen molar-refractivity contribution in [1.82, 2.24) is 5.32 Å². The van der Waals surface area contributed by atoms with E-state index in [1.807, 2.05) is 13.8 Å². The van der Waals surface area contributed by atoms with Crippen LogP contribution in [0.25, 0.3) is 0 Å². The second-order valence-corrected chi connectivity index (χ2v) is 5.09. The van der Waals surface area contributed by atoms with Gasteiger partial charge < -0.3 is 15.2 Å². The van der Waals surface area contributed by atoms with E-state index < -0.39 is 17.7 Å². The highest BCUT2D eigenvalue weighted by molar-refractivity contribution is 5.70. The summed E-state index contributed by atoms with van der Waals surface area (Å²) in [6.45, 7) is 4.10. The Kier molecular flexibility index (Phi) is 4.04. The van der Waals surface area contributed by atoms with Gasteiger partial charge in [-0.25, -0.2) is 4.39 Å². The lowest BCUT2D eigenvalue weighted by Crippen LogP contribution is -2.17. The van der Waals surface area contributed by atoms with Gasteiger partial charge in [-0.05, 0) is 38.0 Å². The zero-order valence-corrected chi connectivity index (χ0v) is 11.0. The molecule has 0 amide bonds. The molecule has 2 unspecified atom stereocenters. The Morgan fingerprint density at radius 3 is 2.79 bits per heavy atom. The quantitative estimate of drug-likeness (QED) is 0.879. The van der Waals surface area contributed by atoms with E-state index in [2.05, 4.69) is 5.32 Å². The summed E-state index contributed by atoms with van der Waals surface area (Å²) in [5, 5.41) is 12.0. The Bertz CT molecular complexity index is 476. The summed E-state index contributed by atoms with van der Waals surface area (Å²) >= 11 is 0. The van der Waals surface area contributed by atoms with Crippen LogP contribution in [0.3, 0.4) is 0 Å². The van der Waals surface area contributed by atoms with E-state index >= 15 is 0 Å². The van der Waals surface area contributed by atoms with Crippen LogP contribution in [0, 0.1) is 11.7 Å². The van der Waals surface area contributed by atoms with E-state index in [0.717, 1.165) is 5.56 Å². The molecule has 19 heavy (non-hydrogen) atoms. The largest absolute Gasteiger partial charge is 0.488 e. The second-order valence-electron chi connectivity index (χ2n) is 5.09. The van der Waals surface area contributed by atoms with Crippen LogP contribution >= 0.6 is 0 Å². The van der Waals surface area contributed by atoms with Crippen LogP contribution in [0.2, 0.25) is 0 Å². The zero-order chi connectivity index (χ0) is 14.0. The van der Waals surface area contributed by atoms with Gasteiger partial charge in [0.1, 0.15) is 0 Å². The second kappa shape index (κ2) is 5.57. The number of hydrogen-bond donors (Lipinski definition) is 2. The first kappa shape index (κ1) is 13.8. The highest BCUT2D eigenvalue weighted by Gasteiger charge is 2.30. The third-order valence-corrected chi connectivity index (χ3v) is 3.20. The molecule has 0 aromatic heterocycles. The Labute approximate surface area is 111 Å². The van der Waals surface area contributed by atoms with Crippen LogP contribution in [0.1, 0.15) is 31.9 Å². The minimum absolute atomic E-state index is 0.0821. The predicted molar refractivity (Wildman–Crippen MR) is 68.7 cm³/mol. The summed E-state index contributed by atoms with van der Waals surface area (Å²) in [7, 11) is 0. The van der Waals surface area contributed by atoms with E-state index in [1.165, 1.54) is 6.07 Å². The number of benzene rings is 1. The van der Waals surface area contributed by atoms with E-state index in [-0.39, 0.29) is 17.9 Å². The number of hydrogen-bond acceptors (Lipinski definition) is 3. The van der Waals surface area contributed by atoms with Crippen LogP contribution in [0.4, 0.5) is 4.39 Å². The van der Waals surface area contributed by atoms with Crippen molar-refractivity contribution in [2.24, 2.45) is 5.92 Å². The number of carboxylic acid groups (broad SMARTS) is 1. The molecule has 1 aliphatic heterocycles. The summed E-state index contributed by atoms with van der Waals surface area (Å²) in [4.78, 5) is 10.9. The van der Waals surface area contributed by atoms with Crippen molar-refractivity contribution in [3.63, 3.8) is 0 Å². The SMILES string of the molecule is CC(C)Oc1ccc(C2CC(C(=O)O)CN2)cc1F. The highest BCUT2D eigenvalue weighted by Crippen LogP contribution is 2.30. The van der Waals surface area contributed by atoms with Crippen LogP contribution < -0.4 is 10.1 Å². The fourth-order valence-electron chi connectivity index (χ4n) is 2.26. The molecule has 1 aromatic carbocycles. The number of carbonyl (C=O) groups is 1. The molecule has 1 aromatic rings. The van der Waals surface area contributed by atoms with Crippen molar-refractivity contribution in [1.29, 1.82) is 0 Å². The standard InChI is InChI=1S/C14H18FNO3/c1-8(2)19-13-4-3-9(5-11(13)15)12-6-10(7-16-12)14(17)18/h3-5,8,10,12,16H,6-7H2,1-2H3,(H,17,18). The van der Waals surface area contributed by atoms with Gasteiger partial charge in [-0.2, -0.15) is 0 Å². The molecule has 0 spiro atoms. The van der Waals surface area contributed by atoms with Gasteiger partial charge in [0, 0.05) is 12.6 Å². The van der Waals surface area contributed by atoms with Gasteiger partial charge in [-0.1, -0.05) is 6.07 Å². The first-order valence-corrected chi connectivity index (χ1v) is 6.39. The van der Waals surface area contributed by atoms with Crippen molar-refractivity contribution >= 4 is 5.97 Å². The van der Waals surface area contributed by atoms with Gasteiger partial charge in [0.05, 0.1) is 12.0 Å². The molecule has 0 radical (unpaired) electrons. The first-order chi connectivity index (χ1) is 8.97. The average molecular weight is 267 g/mol. The highest BCUT2D eigenvalue weighted by atomic mass is 19.1. The van der Waals surface area contributed by atoms with Gasteiger partial charge in [-0.3, -0.25) is 4.79 Å². The molecule has 2 rings (SSSR count). The number of carboxylic acids is 1. The molecule has 1 fully saturated rings. The van der Waals surface area contributed by atoms with Gasteiger partial charge in [-0.15, -0.1) is 0 Å². The Morgan fingerprint density at radius 1 is 1.53 bits per heavy atom. The molecule has 0 saturated carbocycles. The third-order valence-electron chi connectivity index (χ3n) is 3.20. The minimum Gasteiger partial charge on any atom is -0.488 e. The number of rotatable bonds is 4. The fourth-order valence-corrected chi connectivity index (χ4v) is 2.26. The lowest BCUT2D eigenvalue weighted by Gasteiger charge is -2.14. The van der Waals surface area contributed by atoms with Crippen LogP contribution in [0.15, 0.2) is 18.2 Å². The van der Waals surface area contributed by atoms with Gasteiger partial charge in [0.15, 0.2) is 11.6 Å². The van der Waals surface area contributed by atoms with Crippen molar-refractivity contribution in [2.45, 2.75) is 32.4 Å². The lowest BCUT2D eigenvalue weighted by molar-refractivity contribution is -0.141. The smallest absolute Gasteiger partial charge is 0.307 e. The number of aliphatic carboxylic acids is 1. The summed E-state index contributed by atoms with van der Waals surface area (Å²) in [5.74, 6) is -1.40. The minimum atomic E-state index is -0.810. The number of nitrogens with one attached hydrogen (secondary N) is 1. The van der Waals surface area contributed by atoms with E-state index in [1.54, 1.807) is 12.1 Å². The third kappa shape index (κ3) is 3.23. The molecular weight excluding hydrogens is 249 g/mol. The van der Waals surface area contributed by atoms with Crippen molar-refractivity contribution < 1.29 is 19.0 Å². The molecule has 5 heteroatoms. The molecule has 1 heterocycles. The maximum Gasteiger partial charge on any atom is 0.307 e. The summed E-state index contributed by atoms with van der Waals surface area (Å²) in [6.07, 6.45) is 0.403. The molecule has 1 aliphatic rings. The van der Waals surface area contributed by atoms with E-state index in [9.17, 15) is 9.18 Å². The Balaban J connectivity index is 2.10. The molecule has 104 valence electrons. The molecular formula is C14H18FNO3. The van der Waals surface area contributed by atoms with Crippen LogP contribution in [-0.2, 0) is 4.79 Å².